The Morgan fingerprint density at radius 2 is 2.04 bits per heavy atom. The van der Waals surface area contributed by atoms with E-state index in [-0.39, 0.29) is 27.6 Å². The number of fused-ring (bicyclic) bond motifs is 1. The van der Waals surface area contributed by atoms with Crippen LogP contribution in [0, 0.1) is 5.82 Å². The first-order valence-electron chi connectivity index (χ1n) is 7.57. The van der Waals surface area contributed by atoms with Crippen molar-refractivity contribution >= 4 is 44.3 Å². The number of ether oxygens (including phenoxy) is 1. The molecule has 0 spiro atoms. The number of halogens is 1. The zero-order valence-electron chi connectivity index (χ0n) is 13.3. The van der Waals surface area contributed by atoms with E-state index in [1.165, 1.54) is 23.1 Å². The molecule has 2 heterocycles. The van der Waals surface area contributed by atoms with Gasteiger partial charge in [0, 0.05) is 5.25 Å². The van der Waals surface area contributed by atoms with Crippen LogP contribution in [0.1, 0.15) is 0 Å². The van der Waals surface area contributed by atoms with Crippen molar-refractivity contribution < 1.29 is 32.2 Å². The van der Waals surface area contributed by atoms with Gasteiger partial charge in [-0.15, -0.1) is 0 Å². The molecule has 0 N–H and O–H groups in total. The summed E-state index contributed by atoms with van der Waals surface area (Å²) < 4.78 is 42.7. The average molecular weight is 401 g/mol. The van der Waals surface area contributed by atoms with Gasteiger partial charge in [0.25, 0.3) is 5.91 Å². The van der Waals surface area contributed by atoms with Crippen molar-refractivity contribution in [2.75, 3.05) is 29.6 Å². The third-order valence-corrected chi connectivity index (χ3v) is 7.05. The Labute approximate surface area is 153 Å². The van der Waals surface area contributed by atoms with Gasteiger partial charge in [-0.25, -0.2) is 12.8 Å². The Morgan fingerprint density at radius 3 is 2.73 bits per heavy atom. The molecule has 0 aromatic heterocycles. The first kappa shape index (κ1) is 18.8. The highest BCUT2D eigenvalue weighted by atomic mass is 32.2. The topological polar surface area (TPSA) is 116 Å². The molecule has 11 heteroatoms. The number of nitrogens with zero attached hydrogens (tertiary/aromatic N) is 2. The van der Waals surface area contributed by atoms with E-state index in [1.807, 2.05) is 0 Å². The number of sulfone groups is 1. The second kappa shape index (κ2) is 7.33. The van der Waals surface area contributed by atoms with Crippen LogP contribution in [0.5, 0.6) is 0 Å². The lowest BCUT2D eigenvalue weighted by molar-refractivity contribution is -0.309. The summed E-state index contributed by atoms with van der Waals surface area (Å²) in [5, 5.41) is 10.1. The molecule has 2 atom stereocenters. The zero-order valence-corrected chi connectivity index (χ0v) is 15.0. The summed E-state index contributed by atoms with van der Waals surface area (Å²) in [7, 11) is -3.26. The number of carboxylic acid groups (broad SMARTS) is 1. The molecule has 0 saturated carbocycles. The van der Waals surface area contributed by atoms with E-state index in [1.54, 1.807) is 6.07 Å². The highest BCUT2D eigenvalue weighted by Crippen LogP contribution is 2.41. The normalized spacial score (nSPS) is 25.4. The van der Waals surface area contributed by atoms with Crippen molar-refractivity contribution in [1.29, 1.82) is 0 Å². The Balaban J connectivity index is 1.87. The van der Waals surface area contributed by atoms with Gasteiger partial charge in [0.15, 0.2) is 15.0 Å². The predicted octanol–water partition coefficient (Wildman–Crippen LogP) is -0.806. The molecule has 0 unspecified atom stereocenters. The Kier molecular flexibility index (Phi) is 5.30. The number of thioether (sulfide) groups is 1. The Bertz CT molecular complexity index is 873. The van der Waals surface area contributed by atoms with Crippen molar-refractivity contribution in [1.82, 2.24) is 0 Å². The van der Waals surface area contributed by atoms with Gasteiger partial charge in [-0.3, -0.25) is 4.79 Å². The molecule has 2 saturated heterocycles. The van der Waals surface area contributed by atoms with Gasteiger partial charge in [0.2, 0.25) is 0 Å². The minimum absolute atomic E-state index is 0.0817. The Morgan fingerprint density at radius 1 is 1.31 bits per heavy atom. The van der Waals surface area contributed by atoms with Crippen molar-refractivity contribution in [3.63, 3.8) is 0 Å². The molecule has 2 aliphatic rings. The summed E-state index contributed by atoms with van der Waals surface area (Å²) in [4.78, 5) is 27.5. The average Bonchev–Trinajstić information content (AvgIpc) is 2.98. The van der Waals surface area contributed by atoms with Crippen LogP contribution in [0.25, 0.3) is 0 Å². The molecular weight excluding hydrogens is 387 g/mol. The molecule has 1 amide bonds. The number of hydrogen-bond donors (Lipinski definition) is 0. The van der Waals surface area contributed by atoms with Gasteiger partial charge in [0.05, 0.1) is 35.8 Å². The van der Waals surface area contributed by atoms with Crippen molar-refractivity contribution in [3.05, 3.63) is 30.1 Å². The van der Waals surface area contributed by atoms with Crippen LogP contribution >= 0.6 is 11.8 Å². The highest BCUT2D eigenvalue weighted by Gasteiger charge is 2.49. The number of carbonyl (C=O) groups is 2. The summed E-state index contributed by atoms with van der Waals surface area (Å²) in [6.07, 6.45) is 0. The molecule has 0 radical (unpaired) electrons. The lowest BCUT2D eigenvalue weighted by Crippen LogP contribution is -2.38. The number of para-hydroxylation sites is 1. The molecule has 26 heavy (non-hydrogen) atoms. The quantitative estimate of drug-likeness (QED) is 0.629. The summed E-state index contributed by atoms with van der Waals surface area (Å²) in [5.41, 5.74) is 0.131. The maximum absolute atomic E-state index is 14.3. The van der Waals surface area contributed by atoms with E-state index in [0.717, 1.165) is 11.8 Å². The number of amides is 1. The minimum atomic E-state index is -3.26. The molecule has 2 aliphatic heterocycles. The fourth-order valence-corrected chi connectivity index (χ4v) is 6.78. The summed E-state index contributed by atoms with van der Waals surface area (Å²) in [6.45, 7) is -1.32. The first-order valence-corrected chi connectivity index (χ1v) is 10.3. The third kappa shape index (κ3) is 4.05. The van der Waals surface area contributed by atoms with Gasteiger partial charge in [-0.05, 0) is 12.1 Å². The molecule has 0 bridgehead atoms. The van der Waals surface area contributed by atoms with E-state index in [0.29, 0.717) is 0 Å². The van der Waals surface area contributed by atoms with Gasteiger partial charge >= 0.3 is 0 Å². The van der Waals surface area contributed by atoms with E-state index >= 15 is 0 Å². The van der Waals surface area contributed by atoms with E-state index in [4.69, 9.17) is 0 Å². The minimum Gasteiger partial charge on any atom is -0.548 e. The fourth-order valence-electron chi connectivity index (χ4n) is 2.85. The number of anilines is 1. The van der Waals surface area contributed by atoms with Crippen LogP contribution in [-0.2, 0) is 24.2 Å². The van der Waals surface area contributed by atoms with E-state index in [2.05, 4.69) is 9.73 Å². The van der Waals surface area contributed by atoms with Gasteiger partial charge < -0.3 is 19.5 Å². The first-order chi connectivity index (χ1) is 12.3. The number of aliphatic imine (C=N–C) groups is 1. The van der Waals surface area contributed by atoms with Crippen LogP contribution in [0.3, 0.4) is 0 Å². The molecule has 2 fully saturated rings. The maximum atomic E-state index is 14.3. The largest absolute Gasteiger partial charge is 0.548 e. The summed E-state index contributed by atoms with van der Waals surface area (Å²) >= 11 is 1.09. The fraction of sp³-hybridized carbons (Fsp3) is 0.400. The SMILES string of the molecule is O=C([O-])COCC(=O)N=C1S[C@@H]2CS(=O)(=O)C[C@H]2N1c1ccccc1F. The lowest BCUT2D eigenvalue weighted by atomic mass is 10.2. The van der Waals surface area contributed by atoms with Crippen molar-refractivity contribution in [2.24, 2.45) is 4.99 Å². The number of benzene rings is 1. The van der Waals surface area contributed by atoms with Crippen LogP contribution in [0.15, 0.2) is 29.3 Å². The predicted molar refractivity (Wildman–Crippen MR) is 91.0 cm³/mol. The monoisotopic (exact) mass is 401 g/mol. The number of aliphatic carboxylic acids is 1. The van der Waals surface area contributed by atoms with Crippen LogP contribution in [0.4, 0.5) is 10.1 Å². The summed E-state index contributed by atoms with van der Waals surface area (Å²) in [6, 6.07) is 5.29. The van der Waals surface area contributed by atoms with E-state index in [9.17, 15) is 27.5 Å². The zero-order chi connectivity index (χ0) is 18.9. The van der Waals surface area contributed by atoms with Gasteiger partial charge in [-0.2, -0.15) is 4.99 Å². The van der Waals surface area contributed by atoms with E-state index < -0.39 is 46.8 Å². The number of carbonyl (C=O) groups excluding carboxylic acids is 2. The summed E-state index contributed by atoms with van der Waals surface area (Å²) in [5.74, 6) is -3.02. The number of hydrogen-bond acceptors (Lipinski definition) is 7. The van der Waals surface area contributed by atoms with Crippen molar-refractivity contribution in [2.45, 2.75) is 11.3 Å². The Hall–Kier alpha value is -1.98. The molecular formula is C15H14FN2O6S2-. The number of carboxylic acids is 1. The molecule has 3 rings (SSSR count). The molecule has 0 aliphatic carbocycles. The van der Waals surface area contributed by atoms with Crippen LogP contribution in [-0.4, -0.2) is 61.5 Å². The van der Waals surface area contributed by atoms with Gasteiger partial charge in [0.1, 0.15) is 12.4 Å². The third-order valence-electron chi connectivity index (χ3n) is 3.84. The van der Waals surface area contributed by atoms with Gasteiger partial charge in [-0.1, -0.05) is 23.9 Å². The lowest BCUT2D eigenvalue weighted by Gasteiger charge is -2.24. The smallest absolute Gasteiger partial charge is 0.274 e. The molecule has 8 nitrogen and oxygen atoms in total. The molecule has 1 aromatic rings. The maximum Gasteiger partial charge on any atom is 0.274 e. The number of amidine groups is 1. The highest BCUT2D eigenvalue weighted by molar-refractivity contribution is 8.16. The number of rotatable bonds is 5. The second-order valence-electron chi connectivity index (χ2n) is 5.77. The standard InChI is InChI=1S/C15H15FN2O6S2/c16-9-3-1-2-4-10(9)18-11-7-26(22,23)8-12(11)25-15(18)17-13(19)5-24-6-14(20)21/h1-4,11-12H,5-8H2,(H,20,21)/p-1/t11-,12-/m1/s1. The van der Waals surface area contributed by atoms with Crippen LogP contribution in [0.2, 0.25) is 0 Å². The second-order valence-corrected chi connectivity index (χ2v) is 9.14. The molecule has 1 aromatic carbocycles. The van der Waals surface area contributed by atoms with Crippen molar-refractivity contribution in [3.8, 4) is 0 Å². The van der Waals surface area contributed by atoms with Crippen LogP contribution < -0.4 is 10.0 Å². The molecule has 140 valence electrons.